The molecule has 0 atom stereocenters. The lowest BCUT2D eigenvalue weighted by molar-refractivity contribution is -0.122. The van der Waals surface area contributed by atoms with Crippen molar-refractivity contribution in [3.63, 3.8) is 0 Å². The maximum atomic E-state index is 13.0. The van der Waals surface area contributed by atoms with Crippen LogP contribution < -0.4 is 15.4 Å². The van der Waals surface area contributed by atoms with Crippen LogP contribution in [0, 0.1) is 5.82 Å². The van der Waals surface area contributed by atoms with E-state index >= 15 is 0 Å². The van der Waals surface area contributed by atoms with E-state index in [9.17, 15) is 14.0 Å². The highest BCUT2D eigenvalue weighted by Crippen LogP contribution is 2.24. The summed E-state index contributed by atoms with van der Waals surface area (Å²) < 4.78 is 23.9. The van der Waals surface area contributed by atoms with E-state index in [2.05, 4.69) is 10.6 Å². The first-order valence-corrected chi connectivity index (χ1v) is 8.16. The van der Waals surface area contributed by atoms with E-state index < -0.39 is 5.91 Å². The molecule has 0 aliphatic rings. The summed E-state index contributed by atoms with van der Waals surface area (Å²) in [5.41, 5.74) is 1.16. The standard InChI is InChI=1S/C20H17FN2O4/c1-22-19(24)12-26-16-4-2-3-15(11-16)23-20(25)18-10-9-17(27-18)13-5-7-14(21)8-6-13/h2-11H,12H2,1H3,(H,22,24)(H,23,25). The van der Waals surface area contributed by atoms with Crippen LogP contribution in [0.1, 0.15) is 10.6 Å². The average molecular weight is 368 g/mol. The fourth-order valence-electron chi connectivity index (χ4n) is 2.31. The molecule has 0 fully saturated rings. The van der Waals surface area contributed by atoms with Crippen LogP contribution in [0.4, 0.5) is 10.1 Å². The van der Waals surface area contributed by atoms with Gasteiger partial charge in [-0.1, -0.05) is 6.07 Å². The summed E-state index contributed by atoms with van der Waals surface area (Å²) in [4.78, 5) is 23.6. The zero-order valence-corrected chi connectivity index (χ0v) is 14.5. The molecule has 3 rings (SSSR count). The molecule has 0 aliphatic carbocycles. The molecule has 2 aromatic carbocycles. The molecule has 2 amide bonds. The van der Waals surface area contributed by atoms with E-state index in [1.165, 1.54) is 19.2 Å². The van der Waals surface area contributed by atoms with Crippen LogP contribution in [0.2, 0.25) is 0 Å². The fourth-order valence-corrected chi connectivity index (χ4v) is 2.31. The summed E-state index contributed by atoms with van der Waals surface area (Å²) >= 11 is 0. The molecule has 0 saturated heterocycles. The van der Waals surface area contributed by atoms with Crippen LogP contribution in [0.15, 0.2) is 65.1 Å². The number of ether oxygens (including phenoxy) is 1. The molecule has 0 unspecified atom stereocenters. The maximum absolute atomic E-state index is 13.0. The lowest BCUT2D eigenvalue weighted by atomic mass is 10.2. The monoisotopic (exact) mass is 368 g/mol. The Morgan fingerprint density at radius 1 is 1.07 bits per heavy atom. The van der Waals surface area contributed by atoms with Gasteiger partial charge in [-0.15, -0.1) is 0 Å². The van der Waals surface area contributed by atoms with E-state index in [1.54, 1.807) is 48.5 Å². The van der Waals surface area contributed by atoms with Crippen LogP contribution in [-0.4, -0.2) is 25.5 Å². The van der Waals surface area contributed by atoms with E-state index in [-0.39, 0.29) is 24.1 Å². The van der Waals surface area contributed by atoms with Crippen molar-refractivity contribution in [3.8, 4) is 17.1 Å². The van der Waals surface area contributed by atoms with Crippen molar-refractivity contribution in [1.29, 1.82) is 0 Å². The molecule has 0 spiro atoms. The van der Waals surface area contributed by atoms with Gasteiger partial charge in [0.05, 0.1) is 0 Å². The number of anilines is 1. The van der Waals surface area contributed by atoms with Crippen LogP contribution in [0.5, 0.6) is 5.75 Å². The predicted molar refractivity (Wildman–Crippen MR) is 98.1 cm³/mol. The van der Waals surface area contributed by atoms with Gasteiger partial charge in [0.15, 0.2) is 12.4 Å². The summed E-state index contributed by atoms with van der Waals surface area (Å²) in [6, 6.07) is 15.6. The average Bonchev–Trinajstić information content (AvgIpc) is 3.17. The Hall–Kier alpha value is -3.61. The van der Waals surface area contributed by atoms with Crippen LogP contribution >= 0.6 is 0 Å². The molecule has 0 radical (unpaired) electrons. The molecule has 2 N–H and O–H groups in total. The molecular weight excluding hydrogens is 351 g/mol. The number of hydrogen-bond acceptors (Lipinski definition) is 4. The molecule has 138 valence electrons. The second kappa shape index (κ2) is 8.18. The summed E-state index contributed by atoms with van der Waals surface area (Å²) in [6.07, 6.45) is 0. The minimum Gasteiger partial charge on any atom is -0.484 e. The zero-order valence-electron chi connectivity index (χ0n) is 14.5. The van der Waals surface area contributed by atoms with Crippen molar-refractivity contribution in [3.05, 3.63) is 72.2 Å². The summed E-state index contributed by atoms with van der Waals surface area (Å²) in [7, 11) is 1.52. The predicted octanol–water partition coefficient (Wildman–Crippen LogP) is 3.46. The number of carbonyl (C=O) groups excluding carboxylic acids is 2. The molecule has 0 aliphatic heterocycles. The van der Waals surface area contributed by atoms with E-state index in [0.717, 1.165) is 0 Å². The lowest BCUT2D eigenvalue weighted by Gasteiger charge is -2.08. The number of benzene rings is 2. The Morgan fingerprint density at radius 2 is 1.85 bits per heavy atom. The van der Waals surface area contributed by atoms with Gasteiger partial charge < -0.3 is 19.8 Å². The number of amides is 2. The highest BCUT2D eigenvalue weighted by molar-refractivity contribution is 6.02. The Labute approximate surface area is 155 Å². The van der Waals surface area contributed by atoms with Crippen LogP contribution in [0.25, 0.3) is 11.3 Å². The fraction of sp³-hybridized carbons (Fsp3) is 0.100. The van der Waals surface area contributed by atoms with Gasteiger partial charge in [-0.3, -0.25) is 9.59 Å². The SMILES string of the molecule is CNC(=O)COc1cccc(NC(=O)c2ccc(-c3ccc(F)cc3)o2)c1. The number of furan rings is 1. The number of nitrogens with one attached hydrogen (secondary N) is 2. The van der Waals surface area contributed by atoms with Crippen LogP contribution in [-0.2, 0) is 4.79 Å². The second-order valence-corrected chi connectivity index (χ2v) is 5.61. The Morgan fingerprint density at radius 3 is 2.59 bits per heavy atom. The molecule has 0 saturated carbocycles. The third-order valence-corrected chi connectivity index (χ3v) is 3.70. The van der Waals surface area contributed by atoms with Gasteiger partial charge in [0.2, 0.25) is 0 Å². The van der Waals surface area contributed by atoms with Crippen molar-refractivity contribution in [2.75, 3.05) is 19.0 Å². The minimum atomic E-state index is -0.438. The quantitative estimate of drug-likeness (QED) is 0.698. The first kappa shape index (κ1) is 18.2. The molecular formula is C20H17FN2O4. The Kier molecular flexibility index (Phi) is 5.51. The zero-order chi connectivity index (χ0) is 19.2. The normalized spacial score (nSPS) is 10.3. The van der Waals surface area contributed by atoms with Gasteiger partial charge in [0.1, 0.15) is 17.3 Å². The molecule has 27 heavy (non-hydrogen) atoms. The highest BCUT2D eigenvalue weighted by atomic mass is 19.1. The van der Waals surface area contributed by atoms with E-state index in [0.29, 0.717) is 22.8 Å². The smallest absolute Gasteiger partial charge is 0.291 e. The Balaban J connectivity index is 1.67. The molecule has 3 aromatic rings. The molecule has 1 heterocycles. The number of carbonyl (C=O) groups is 2. The molecule has 0 bridgehead atoms. The number of hydrogen-bond donors (Lipinski definition) is 2. The van der Waals surface area contributed by atoms with Gasteiger partial charge >= 0.3 is 0 Å². The third kappa shape index (κ3) is 4.72. The summed E-state index contributed by atoms with van der Waals surface area (Å²) in [6.45, 7) is -0.118. The van der Waals surface area contributed by atoms with E-state index in [4.69, 9.17) is 9.15 Å². The van der Waals surface area contributed by atoms with Crippen LogP contribution in [0.3, 0.4) is 0 Å². The van der Waals surface area contributed by atoms with Crippen molar-refractivity contribution in [2.45, 2.75) is 0 Å². The minimum absolute atomic E-state index is 0.117. The Bertz CT molecular complexity index is 951. The van der Waals surface area contributed by atoms with Gasteiger partial charge in [0, 0.05) is 24.4 Å². The van der Waals surface area contributed by atoms with E-state index in [1.807, 2.05) is 0 Å². The number of likely N-dealkylation sites (N-methyl/N-ethyl adjacent to an activating group) is 1. The summed E-state index contributed by atoms with van der Waals surface area (Å²) in [5, 5.41) is 5.16. The summed E-state index contributed by atoms with van der Waals surface area (Å²) in [5.74, 6) is -0.0152. The van der Waals surface area contributed by atoms with Gasteiger partial charge in [-0.2, -0.15) is 0 Å². The number of rotatable bonds is 6. The van der Waals surface area contributed by atoms with Crippen molar-refractivity contribution in [1.82, 2.24) is 5.32 Å². The van der Waals surface area contributed by atoms with Gasteiger partial charge in [-0.25, -0.2) is 4.39 Å². The second-order valence-electron chi connectivity index (χ2n) is 5.61. The highest BCUT2D eigenvalue weighted by Gasteiger charge is 2.13. The van der Waals surface area contributed by atoms with Gasteiger partial charge in [-0.05, 0) is 48.5 Å². The maximum Gasteiger partial charge on any atom is 0.291 e. The third-order valence-electron chi connectivity index (χ3n) is 3.70. The van der Waals surface area contributed by atoms with Crippen molar-refractivity contribution >= 4 is 17.5 Å². The largest absolute Gasteiger partial charge is 0.484 e. The molecule has 7 heteroatoms. The van der Waals surface area contributed by atoms with Crippen molar-refractivity contribution in [2.24, 2.45) is 0 Å². The topological polar surface area (TPSA) is 80.6 Å². The van der Waals surface area contributed by atoms with Crippen molar-refractivity contribution < 1.29 is 23.1 Å². The van der Waals surface area contributed by atoms with Gasteiger partial charge in [0.25, 0.3) is 11.8 Å². The molecule has 1 aromatic heterocycles. The first-order valence-electron chi connectivity index (χ1n) is 8.16. The molecule has 6 nitrogen and oxygen atoms in total. The number of halogens is 1. The first-order chi connectivity index (χ1) is 13.0. The lowest BCUT2D eigenvalue weighted by Crippen LogP contribution is -2.24.